The largest absolute Gasteiger partial charge is 0.496 e. The van der Waals surface area contributed by atoms with Crippen LogP contribution in [0.3, 0.4) is 0 Å². The van der Waals surface area contributed by atoms with Gasteiger partial charge in [0.15, 0.2) is 5.96 Å². The number of guanidine groups is 1. The van der Waals surface area contributed by atoms with Crippen LogP contribution in [-0.2, 0) is 16.0 Å². The molecule has 1 saturated heterocycles. The maximum Gasteiger partial charge on any atom is 0.191 e. The molecule has 1 unspecified atom stereocenters. The third-order valence-electron chi connectivity index (χ3n) is 4.48. The van der Waals surface area contributed by atoms with Crippen LogP contribution in [0.5, 0.6) is 5.75 Å². The summed E-state index contributed by atoms with van der Waals surface area (Å²) in [6.07, 6.45) is 5.32. The third-order valence-corrected chi connectivity index (χ3v) is 4.48. The summed E-state index contributed by atoms with van der Waals surface area (Å²) in [5, 5.41) is 6.59. The van der Waals surface area contributed by atoms with Crippen molar-refractivity contribution in [3.05, 3.63) is 23.0 Å². The second-order valence-corrected chi connectivity index (χ2v) is 6.46. The number of aliphatic imine (C=N–C) groups is 1. The third kappa shape index (κ3) is 7.79. The van der Waals surface area contributed by atoms with Crippen molar-refractivity contribution in [3.63, 3.8) is 0 Å². The SMILES string of the molecule is CN=C(NCCCOCC1CCCO1)NCc1ncc(C)c(OC)c1C.I. The first-order valence-corrected chi connectivity index (χ1v) is 9.28. The highest BCUT2D eigenvalue weighted by atomic mass is 127. The van der Waals surface area contributed by atoms with Gasteiger partial charge in [0.05, 0.1) is 32.1 Å². The summed E-state index contributed by atoms with van der Waals surface area (Å²) in [6, 6.07) is 0. The minimum absolute atomic E-state index is 0. The fraction of sp³-hybridized carbons (Fsp3) is 0.684. The highest BCUT2D eigenvalue weighted by Gasteiger charge is 2.15. The van der Waals surface area contributed by atoms with Crippen molar-refractivity contribution >= 4 is 29.9 Å². The van der Waals surface area contributed by atoms with Crippen molar-refractivity contribution in [2.75, 3.05) is 40.5 Å². The predicted octanol–water partition coefficient (Wildman–Crippen LogP) is 2.58. The Morgan fingerprint density at radius 1 is 1.37 bits per heavy atom. The van der Waals surface area contributed by atoms with E-state index in [0.29, 0.717) is 19.3 Å². The number of methoxy groups -OCH3 is 1. The zero-order valence-corrected chi connectivity index (χ0v) is 19.2. The summed E-state index contributed by atoms with van der Waals surface area (Å²) in [5.41, 5.74) is 3.05. The molecule has 1 aromatic rings. The molecule has 1 aliphatic heterocycles. The van der Waals surface area contributed by atoms with Gasteiger partial charge in [0.2, 0.25) is 0 Å². The molecule has 1 fully saturated rings. The van der Waals surface area contributed by atoms with E-state index in [1.807, 2.05) is 20.0 Å². The molecule has 2 rings (SSSR count). The van der Waals surface area contributed by atoms with E-state index >= 15 is 0 Å². The molecule has 0 spiro atoms. The summed E-state index contributed by atoms with van der Waals surface area (Å²) in [6.45, 7) is 7.72. The maximum absolute atomic E-state index is 5.67. The lowest BCUT2D eigenvalue weighted by molar-refractivity contribution is 0.0168. The van der Waals surface area contributed by atoms with Gasteiger partial charge in [-0.3, -0.25) is 9.98 Å². The van der Waals surface area contributed by atoms with Crippen molar-refractivity contribution < 1.29 is 14.2 Å². The molecule has 1 atom stereocenters. The minimum atomic E-state index is 0. The molecule has 7 nitrogen and oxygen atoms in total. The molecule has 1 aromatic heterocycles. The minimum Gasteiger partial charge on any atom is -0.496 e. The summed E-state index contributed by atoms with van der Waals surface area (Å²) in [5.74, 6) is 1.65. The molecule has 27 heavy (non-hydrogen) atoms. The van der Waals surface area contributed by atoms with E-state index in [-0.39, 0.29) is 24.0 Å². The van der Waals surface area contributed by atoms with Crippen molar-refractivity contribution in [2.24, 2.45) is 4.99 Å². The van der Waals surface area contributed by atoms with Gasteiger partial charge in [0, 0.05) is 44.1 Å². The molecule has 0 saturated carbocycles. The Morgan fingerprint density at radius 3 is 2.85 bits per heavy atom. The maximum atomic E-state index is 5.67. The van der Waals surface area contributed by atoms with Gasteiger partial charge in [0.25, 0.3) is 0 Å². The van der Waals surface area contributed by atoms with Crippen LogP contribution in [0.2, 0.25) is 0 Å². The molecule has 2 N–H and O–H groups in total. The molecule has 8 heteroatoms. The molecular weight excluding hydrogens is 459 g/mol. The Kier molecular flexibility index (Phi) is 11.6. The van der Waals surface area contributed by atoms with Gasteiger partial charge < -0.3 is 24.8 Å². The Balaban J connectivity index is 0.00000364. The first-order chi connectivity index (χ1) is 12.7. The molecule has 0 aliphatic carbocycles. The predicted molar refractivity (Wildman–Crippen MR) is 118 cm³/mol. The van der Waals surface area contributed by atoms with Gasteiger partial charge >= 0.3 is 0 Å². The number of aryl methyl sites for hydroxylation is 1. The summed E-state index contributed by atoms with van der Waals surface area (Å²) < 4.78 is 16.7. The van der Waals surface area contributed by atoms with E-state index in [9.17, 15) is 0 Å². The van der Waals surface area contributed by atoms with Crippen LogP contribution in [0.4, 0.5) is 0 Å². The van der Waals surface area contributed by atoms with Crippen LogP contribution in [0.25, 0.3) is 0 Å². The normalized spacial score (nSPS) is 16.7. The van der Waals surface area contributed by atoms with Crippen LogP contribution in [0.1, 0.15) is 36.1 Å². The monoisotopic (exact) mass is 492 g/mol. The molecule has 1 aliphatic rings. The number of hydrogen-bond acceptors (Lipinski definition) is 5. The lowest BCUT2D eigenvalue weighted by Gasteiger charge is -2.15. The lowest BCUT2D eigenvalue weighted by Crippen LogP contribution is -2.38. The van der Waals surface area contributed by atoms with Crippen LogP contribution >= 0.6 is 24.0 Å². The summed E-state index contributed by atoms with van der Waals surface area (Å²) in [4.78, 5) is 8.74. The number of aromatic nitrogens is 1. The van der Waals surface area contributed by atoms with Gasteiger partial charge in [-0.2, -0.15) is 0 Å². The summed E-state index contributed by atoms with van der Waals surface area (Å²) in [7, 11) is 3.45. The highest BCUT2D eigenvalue weighted by molar-refractivity contribution is 14.0. The fourth-order valence-electron chi connectivity index (χ4n) is 3.01. The number of hydrogen-bond donors (Lipinski definition) is 2. The van der Waals surface area contributed by atoms with E-state index in [0.717, 1.165) is 67.6 Å². The molecule has 0 radical (unpaired) electrons. The topological polar surface area (TPSA) is 77.0 Å². The zero-order chi connectivity index (χ0) is 18.8. The van der Waals surface area contributed by atoms with E-state index < -0.39 is 0 Å². The van der Waals surface area contributed by atoms with Crippen LogP contribution < -0.4 is 15.4 Å². The molecule has 2 heterocycles. The lowest BCUT2D eigenvalue weighted by atomic mass is 10.1. The fourth-order valence-corrected chi connectivity index (χ4v) is 3.01. The number of ether oxygens (including phenoxy) is 3. The number of pyridine rings is 1. The quantitative estimate of drug-likeness (QED) is 0.239. The van der Waals surface area contributed by atoms with Crippen molar-refractivity contribution in [2.45, 2.75) is 45.8 Å². The molecular formula is C19H33IN4O3. The highest BCUT2D eigenvalue weighted by Crippen LogP contribution is 2.23. The van der Waals surface area contributed by atoms with Gasteiger partial charge in [-0.25, -0.2) is 0 Å². The number of nitrogens with one attached hydrogen (secondary N) is 2. The van der Waals surface area contributed by atoms with Crippen molar-refractivity contribution in [1.82, 2.24) is 15.6 Å². The van der Waals surface area contributed by atoms with E-state index in [1.165, 1.54) is 0 Å². The van der Waals surface area contributed by atoms with E-state index in [2.05, 4.69) is 20.6 Å². The Morgan fingerprint density at radius 2 is 2.19 bits per heavy atom. The second-order valence-electron chi connectivity index (χ2n) is 6.46. The zero-order valence-electron chi connectivity index (χ0n) is 16.8. The van der Waals surface area contributed by atoms with Gasteiger partial charge in [-0.15, -0.1) is 24.0 Å². The van der Waals surface area contributed by atoms with Crippen molar-refractivity contribution in [3.8, 4) is 5.75 Å². The number of nitrogens with zero attached hydrogens (tertiary/aromatic N) is 2. The molecule has 154 valence electrons. The standard InChI is InChI=1S/C19H32N4O3.HI/c1-14-11-22-17(15(2)18(14)24-4)12-23-19(20-3)21-8-6-9-25-13-16-7-5-10-26-16;/h11,16H,5-10,12-13H2,1-4H3,(H2,20,21,23);1H. The molecule has 0 aromatic carbocycles. The Hall–Kier alpha value is -1.13. The van der Waals surface area contributed by atoms with Gasteiger partial charge in [-0.1, -0.05) is 0 Å². The summed E-state index contributed by atoms with van der Waals surface area (Å²) >= 11 is 0. The van der Waals surface area contributed by atoms with Gasteiger partial charge in [0.1, 0.15) is 5.75 Å². The van der Waals surface area contributed by atoms with Crippen LogP contribution in [-0.4, -0.2) is 57.6 Å². The van der Waals surface area contributed by atoms with Gasteiger partial charge in [-0.05, 0) is 33.1 Å². The number of rotatable bonds is 9. The first-order valence-electron chi connectivity index (χ1n) is 9.28. The first kappa shape index (κ1) is 23.9. The Labute approximate surface area is 179 Å². The van der Waals surface area contributed by atoms with E-state index in [4.69, 9.17) is 14.2 Å². The molecule has 0 amide bonds. The van der Waals surface area contributed by atoms with Crippen molar-refractivity contribution in [1.29, 1.82) is 0 Å². The van der Waals surface area contributed by atoms with E-state index in [1.54, 1.807) is 14.2 Å². The smallest absolute Gasteiger partial charge is 0.191 e. The Bertz CT molecular complexity index is 593. The average Bonchev–Trinajstić information content (AvgIpc) is 3.15. The molecule has 0 bridgehead atoms. The number of halogens is 1. The average molecular weight is 492 g/mol. The van der Waals surface area contributed by atoms with Crippen LogP contribution in [0, 0.1) is 13.8 Å². The second kappa shape index (κ2) is 13.1. The van der Waals surface area contributed by atoms with Crippen LogP contribution in [0.15, 0.2) is 11.2 Å².